The zero-order chi connectivity index (χ0) is 13.0. The van der Waals surface area contributed by atoms with Crippen molar-refractivity contribution in [1.82, 2.24) is 19.6 Å². The van der Waals surface area contributed by atoms with Crippen LogP contribution in [-0.4, -0.2) is 83.9 Å². The lowest BCUT2D eigenvalue weighted by atomic mass is 10.3. The molecule has 0 aromatic rings. The van der Waals surface area contributed by atoms with Crippen molar-refractivity contribution in [3.05, 3.63) is 0 Å². The second-order valence-electron chi connectivity index (χ2n) is 5.01. The molecule has 0 aromatic carbocycles. The van der Waals surface area contributed by atoms with E-state index in [9.17, 15) is 9.59 Å². The SMILES string of the molecule is CCN1C(=O)N(C[C@H]2CO2)[C@H]2[C@@H]1N(C)C(=O)N2C. The minimum absolute atomic E-state index is 0.00537. The van der Waals surface area contributed by atoms with Gasteiger partial charge in [-0.3, -0.25) is 4.90 Å². The largest absolute Gasteiger partial charge is 0.371 e. The Kier molecular flexibility index (Phi) is 2.41. The lowest BCUT2D eigenvalue weighted by Crippen LogP contribution is -2.46. The fourth-order valence-electron chi connectivity index (χ4n) is 2.91. The number of likely N-dealkylation sites (N-methyl/N-ethyl adjacent to an activating group) is 3. The van der Waals surface area contributed by atoms with E-state index in [2.05, 4.69) is 0 Å². The van der Waals surface area contributed by atoms with Gasteiger partial charge >= 0.3 is 12.1 Å². The third-order valence-corrected chi connectivity index (χ3v) is 3.94. The molecule has 0 unspecified atom stereocenters. The molecule has 0 radical (unpaired) electrons. The first kappa shape index (κ1) is 11.6. The Bertz CT molecular complexity index is 398. The Hall–Kier alpha value is -1.50. The molecule has 3 atom stereocenters. The quantitative estimate of drug-likeness (QED) is 0.655. The third kappa shape index (κ3) is 1.40. The summed E-state index contributed by atoms with van der Waals surface area (Å²) in [7, 11) is 3.49. The first-order valence-electron chi connectivity index (χ1n) is 6.24. The van der Waals surface area contributed by atoms with Crippen molar-refractivity contribution in [2.75, 3.05) is 33.8 Å². The van der Waals surface area contributed by atoms with E-state index < -0.39 is 0 Å². The molecule has 4 amide bonds. The number of nitrogens with zero attached hydrogens (tertiary/aromatic N) is 4. The highest BCUT2D eigenvalue weighted by Crippen LogP contribution is 2.33. The third-order valence-electron chi connectivity index (χ3n) is 3.94. The molecule has 100 valence electrons. The number of fused-ring (bicyclic) bond motifs is 1. The highest BCUT2D eigenvalue weighted by atomic mass is 16.6. The van der Waals surface area contributed by atoms with Gasteiger partial charge in [-0.25, -0.2) is 9.59 Å². The minimum Gasteiger partial charge on any atom is -0.371 e. The highest BCUT2D eigenvalue weighted by Gasteiger charge is 2.57. The van der Waals surface area contributed by atoms with Gasteiger partial charge in [0.15, 0.2) is 0 Å². The molecule has 0 aromatic heterocycles. The molecule has 0 N–H and O–H groups in total. The van der Waals surface area contributed by atoms with Crippen molar-refractivity contribution < 1.29 is 14.3 Å². The number of carbonyl (C=O) groups excluding carboxylic acids is 2. The van der Waals surface area contributed by atoms with E-state index in [0.29, 0.717) is 19.7 Å². The summed E-state index contributed by atoms with van der Waals surface area (Å²) in [6, 6.07) is -0.0492. The van der Waals surface area contributed by atoms with Gasteiger partial charge < -0.3 is 19.4 Å². The summed E-state index contributed by atoms with van der Waals surface area (Å²) >= 11 is 0. The zero-order valence-electron chi connectivity index (χ0n) is 10.9. The smallest absolute Gasteiger partial charge is 0.323 e. The number of rotatable bonds is 3. The monoisotopic (exact) mass is 254 g/mol. The van der Waals surface area contributed by atoms with Crippen molar-refractivity contribution in [1.29, 1.82) is 0 Å². The van der Waals surface area contributed by atoms with Crippen LogP contribution >= 0.6 is 0 Å². The molecule has 3 heterocycles. The van der Waals surface area contributed by atoms with Crippen molar-refractivity contribution in [3.8, 4) is 0 Å². The Morgan fingerprint density at radius 1 is 1.11 bits per heavy atom. The minimum atomic E-state index is -0.195. The molecule has 3 saturated heterocycles. The summed E-state index contributed by atoms with van der Waals surface area (Å²) in [5.41, 5.74) is 0. The maximum absolute atomic E-state index is 12.3. The number of amides is 4. The second-order valence-corrected chi connectivity index (χ2v) is 5.01. The number of urea groups is 2. The topological polar surface area (TPSA) is 59.6 Å². The summed E-state index contributed by atoms with van der Waals surface area (Å²) in [6.07, 6.45) is -0.237. The van der Waals surface area contributed by atoms with Crippen molar-refractivity contribution in [2.45, 2.75) is 25.4 Å². The molecule has 3 fully saturated rings. The fraction of sp³-hybridized carbons (Fsp3) is 0.818. The molecule has 3 aliphatic heterocycles. The van der Waals surface area contributed by atoms with Gasteiger partial charge in [-0.1, -0.05) is 0 Å². The van der Waals surface area contributed by atoms with Crippen molar-refractivity contribution in [3.63, 3.8) is 0 Å². The van der Waals surface area contributed by atoms with Gasteiger partial charge in [0.2, 0.25) is 0 Å². The van der Waals surface area contributed by atoms with Crippen LogP contribution in [-0.2, 0) is 4.74 Å². The number of carbonyl (C=O) groups is 2. The molecular formula is C11H18N4O3. The van der Waals surface area contributed by atoms with E-state index in [1.807, 2.05) is 6.92 Å². The first-order valence-corrected chi connectivity index (χ1v) is 6.24. The average Bonchev–Trinajstić information content (AvgIpc) is 3.09. The van der Waals surface area contributed by atoms with Gasteiger partial charge in [-0.05, 0) is 6.92 Å². The van der Waals surface area contributed by atoms with Gasteiger partial charge in [0, 0.05) is 20.6 Å². The average molecular weight is 254 g/mol. The summed E-state index contributed by atoms with van der Waals surface area (Å²) in [4.78, 5) is 31.1. The van der Waals surface area contributed by atoms with Crippen molar-refractivity contribution >= 4 is 12.1 Å². The Morgan fingerprint density at radius 3 is 2.17 bits per heavy atom. The normalized spacial score (nSPS) is 34.7. The predicted molar refractivity (Wildman–Crippen MR) is 62.7 cm³/mol. The van der Waals surface area contributed by atoms with Crippen LogP contribution in [0.3, 0.4) is 0 Å². The number of epoxide rings is 1. The Balaban J connectivity index is 1.91. The van der Waals surface area contributed by atoms with Gasteiger partial charge in [0.25, 0.3) is 0 Å². The number of hydrogen-bond donors (Lipinski definition) is 0. The van der Waals surface area contributed by atoms with E-state index in [1.54, 1.807) is 33.7 Å². The maximum Gasteiger partial charge on any atom is 0.323 e. The Morgan fingerprint density at radius 2 is 1.67 bits per heavy atom. The molecule has 7 heteroatoms. The molecule has 0 spiro atoms. The molecule has 0 saturated carbocycles. The van der Waals surface area contributed by atoms with Gasteiger partial charge in [0.1, 0.15) is 12.3 Å². The first-order chi connectivity index (χ1) is 8.56. The van der Waals surface area contributed by atoms with Crippen LogP contribution < -0.4 is 0 Å². The van der Waals surface area contributed by atoms with Crippen LogP contribution in [0, 0.1) is 0 Å². The second kappa shape index (κ2) is 3.74. The standard InChI is InChI=1S/C11H18N4O3/c1-4-14-8-9(13(3)10(16)12(8)2)15(11(14)17)5-7-6-18-7/h7-9H,4-6H2,1-3H3/t7-,8+,9-/m0/s1. The molecule has 0 aliphatic carbocycles. The lowest BCUT2D eigenvalue weighted by molar-refractivity contribution is 0.138. The van der Waals surface area contributed by atoms with E-state index in [0.717, 1.165) is 0 Å². The van der Waals surface area contributed by atoms with Crippen LogP contribution in [0.2, 0.25) is 0 Å². The summed E-state index contributed by atoms with van der Waals surface area (Å²) in [6.45, 7) is 3.82. The highest BCUT2D eigenvalue weighted by molar-refractivity contribution is 5.84. The van der Waals surface area contributed by atoms with E-state index >= 15 is 0 Å². The van der Waals surface area contributed by atoms with E-state index in [1.165, 1.54) is 0 Å². The van der Waals surface area contributed by atoms with Crippen molar-refractivity contribution in [2.24, 2.45) is 0 Å². The maximum atomic E-state index is 12.3. The van der Waals surface area contributed by atoms with Crippen LogP contribution in [0.15, 0.2) is 0 Å². The molecular weight excluding hydrogens is 236 g/mol. The molecule has 0 bridgehead atoms. The summed E-state index contributed by atoms with van der Waals surface area (Å²) < 4.78 is 5.20. The number of hydrogen-bond acceptors (Lipinski definition) is 3. The predicted octanol–water partition coefficient (Wildman–Crippen LogP) is -0.208. The van der Waals surface area contributed by atoms with Crippen LogP contribution in [0.5, 0.6) is 0 Å². The zero-order valence-corrected chi connectivity index (χ0v) is 10.9. The van der Waals surface area contributed by atoms with Crippen LogP contribution in [0.4, 0.5) is 9.59 Å². The summed E-state index contributed by atoms with van der Waals surface area (Å²) in [5.74, 6) is 0. The van der Waals surface area contributed by atoms with Crippen LogP contribution in [0.1, 0.15) is 6.92 Å². The van der Waals surface area contributed by atoms with Gasteiger partial charge in [0.05, 0.1) is 19.3 Å². The van der Waals surface area contributed by atoms with Gasteiger partial charge in [-0.15, -0.1) is 0 Å². The summed E-state index contributed by atoms with van der Waals surface area (Å²) in [5, 5.41) is 0. The molecule has 3 aliphatic rings. The van der Waals surface area contributed by atoms with Crippen LogP contribution in [0.25, 0.3) is 0 Å². The molecule has 3 rings (SSSR count). The van der Waals surface area contributed by atoms with E-state index in [4.69, 9.17) is 4.74 Å². The van der Waals surface area contributed by atoms with E-state index in [-0.39, 0.29) is 30.5 Å². The number of ether oxygens (including phenoxy) is 1. The fourth-order valence-corrected chi connectivity index (χ4v) is 2.91. The molecule has 7 nitrogen and oxygen atoms in total. The lowest BCUT2D eigenvalue weighted by Gasteiger charge is -2.26. The Labute approximate surface area is 106 Å². The van der Waals surface area contributed by atoms with Gasteiger partial charge in [-0.2, -0.15) is 0 Å². The molecule has 18 heavy (non-hydrogen) atoms.